The third kappa shape index (κ3) is 1.99. The summed E-state index contributed by atoms with van der Waals surface area (Å²) in [6, 6.07) is 3.91. The quantitative estimate of drug-likeness (QED) is 0.726. The van der Waals surface area contributed by atoms with E-state index in [0.29, 0.717) is 16.7 Å². The van der Waals surface area contributed by atoms with Gasteiger partial charge in [0.25, 0.3) is 0 Å². The van der Waals surface area contributed by atoms with Gasteiger partial charge in [0.2, 0.25) is 0 Å². The minimum absolute atomic E-state index is 0.117. The van der Waals surface area contributed by atoms with Gasteiger partial charge in [-0.15, -0.1) is 0 Å². The highest BCUT2D eigenvalue weighted by Gasteiger charge is 2.10. The molecule has 94 valence electrons. The van der Waals surface area contributed by atoms with Crippen LogP contribution in [0.4, 0.5) is 4.39 Å². The highest BCUT2D eigenvalue weighted by Crippen LogP contribution is 2.29. The predicted molar refractivity (Wildman–Crippen MR) is 69.1 cm³/mol. The van der Waals surface area contributed by atoms with E-state index in [0.717, 1.165) is 17.2 Å². The molecule has 0 bridgehead atoms. The van der Waals surface area contributed by atoms with Crippen LogP contribution in [0, 0.1) is 12.7 Å². The fourth-order valence-electron chi connectivity index (χ4n) is 2.06. The van der Waals surface area contributed by atoms with Crippen LogP contribution in [0.15, 0.2) is 36.8 Å². The lowest BCUT2D eigenvalue weighted by Gasteiger charge is -2.08. The van der Waals surface area contributed by atoms with Gasteiger partial charge in [-0.3, -0.25) is 4.98 Å². The first kappa shape index (κ1) is 11.5. The Morgan fingerprint density at radius 3 is 2.63 bits per heavy atom. The maximum Gasteiger partial charge on any atom is 0.178 e. The standard InChI is InChI=1S/C14H10FN3O/c1-8-12(9-4-10(15)6-11(19)5-9)7-18-14-13(8)16-2-3-17-14/h2-7,19H,1H3. The number of benzene rings is 1. The zero-order valence-corrected chi connectivity index (χ0v) is 10.1. The second-order valence-electron chi connectivity index (χ2n) is 4.22. The molecule has 0 spiro atoms. The molecule has 0 saturated heterocycles. The molecule has 19 heavy (non-hydrogen) atoms. The zero-order valence-electron chi connectivity index (χ0n) is 10.1. The number of aromatic nitrogens is 3. The first-order valence-electron chi connectivity index (χ1n) is 5.71. The van der Waals surface area contributed by atoms with Crippen molar-refractivity contribution in [3.8, 4) is 16.9 Å². The van der Waals surface area contributed by atoms with Crippen molar-refractivity contribution in [1.29, 1.82) is 0 Å². The number of aryl methyl sites for hydroxylation is 1. The highest BCUT2D eigenvalue weighted by atomic mass is 19.1. The van der Waals surface area contributed by atoms with E-state index in [4.69, 9.17) is 0 Å². The molecular formula is C14H10FN3O. The molecule has 4 nitrogen and oxygen atoms in total. The molecule has 0 aliphatic rings. The van der Waals surface area contributed by atoms with E-state index in [9.17, 15) is 9.50 Å². The second kappa shape index (κ2) is 4.28. The molecule has 1 aromatic carbocycles. The van der Waals surface area contributed by atoms with Gasteiger partial charge in [0.1, 0.15) is 17.1 Å². The van der Waals surface area contributed by atoms with Gasteiger partial charge in [0, 0.05) is 30.2 Å². The molecule has 3 rings (SSSR count). The van der Waals surface area contributed by atoms with Crippen LogP contribution in [0.3, 0.4) is 0 Å². The maximum atomic E-state index is 13.4. The Morgan fingerprint density at radius 1 is 1.05 bits per heavy atom. The van der Waals surface area contributed by atoms with E-state index in [2.05, 4.69) is 15.0 Å². The van der Waals surface area contributed by atoms with Crippen molar-refractivity contribution in [3.63, 3.8) is 0 Å². The summed E-state index contributed by atoms with van der Waals surface area (Å²) in [5.74, 6) is -0.609. The fourth-order valence-corrected chi connectivity index (χ4v) is 2.06. The number of aromatic hydroxyl groups is 1. The van der Waals surface area contributed by atoms with Crippen molar-refractivity contribution in [1.82, 2.24) is 15.0 Å². The van der Waals surface area contributed by atoms with Gasteiger partial charge in [-0.05, 0) is 30.2 Å². The largest absolute Gasteiger partial charge is 0.508 e. The maximum absolute atomic E-state index is 13.4. The van der Waals surface area contributed by atoms with E-state index in [1.807, 2.05) is 6.92 Å². The first-order valence-corrected chi connectivity index (χ1v) is 5.71. The number of hydrogen-bond donors (Lipinski definition) is 1. The lowest BCUT2D eigenvalue weighted by atomic mass is 10.0. The molecule has 3 aromatic rings. The smallest absolute Gasteiger partial charge is 0.178 e. The summed E-state index contributed by atoms with van der Waals surface area (Å²) in [5, 5.41) is 9.47. The molecule has 0 aliphatic heterocycles. The molecule has 0 aliphatic carbocycles. The van der Waals surface area contributed by atoms with E-state index in [-0.39, 0.29) is 5.75 Å². The summed E-state index contributed by atoms with van der Waals surface area (Å²) in [7, 11) is 0. The normalized spacial score (nSPS) is 10.8. The van der Waals surface area contributed by atoms with Crippen LogP contribution in [0.2, 0.25) is 0 Å². The first-order chi connectivity index (χ1) is 9.15. The van der Waals surface area contributed by atoms with Gasteiger partial charge in [0.05, 0.1) is 0 Å². The Labute approximate surface area is 108 Å². The lowest BCUT2D eigenvalue weighted by Crippen LogP contribution is -1.93. The number of rotatable bonds is 1. The number of phenolic OH excluding ortho intramolecular Hbond substituents is 1. The molecule has 0 saturated carbocycles. The van der Waals surface area contributed by atoms with Gasteiger partial charge in [-0.25, -0.2) is 14.4 Å². The van der Waals surface area contributed by atoms with Gasteiger partial charge >= 0.3 is 0 Å². The molecule has 0 radical (unpaired) electrons. The van der Waals surface area contributed by atoms with Gasteiger partial charge in [-0.2, -0.15) is 0 Å². The van der Waals surface area contributed by atoms with Crippen LogP contribution in [-0.2, 0) is 0 Å². The van der Waals surface area contributed by atoms with Gasteiger partial charge < -0.3 is 5.11 Å². The summed E-state index contributed by atoms with van der Waals surface area (Å²) >= 11 is 0. The van der Waals surface area contributed by atoms with Crippen molar-refractivity contribution in [2.24, 2.45) is 0 Å². The Kier molecular flexibility index (Phi) is 2.59. The van der Waals surface area contributed by atoms with Gasteiger partial charge in [-0.1, -0.05) is 0 Å². The number of hydrogen-bond acceptors (Lipinski definition) is 4. The Hall–Kier alpha value is -2.56. The number of fused-ring (bicyclic) bond motifs is 1. The van der Waals surface area contributed by atoms with E-state index in [1.54, 1.807) is 18.6 Å². The van der Waals surface area contributed by atoms with Crippen LogP contribution in [0.25, 0.3) is 22.3 Å². The summed E-state index contributed by atoms with van der Waals surface area (Å²) in [5.41, 5.74) is 3.36. The fraction of sp³-hybridized carbons (Fsp3) is 0.0714. The number of halogens is 1. The number of phenols is 1. The molecular weight excluding hydrogens is 245 g/mol. The third-order valence-corrected chi connectivity index (χ3v) is 2.95. The monoisotopic (exact) mass is 255 g/mol. The van der Waals surface area contributed by atoms with E-state index in [1.165, 1.54) is 12.1 Å². The van der Waals surface area contributed by atoms with Crippen molar-refractivity contribution >= 4 is 11.2 Å². The van der Waals surface area contributed by atoms with Crippen LogP contribution >= 0.6 is 0 Å². The number of nitrogens with zero attached hydrogens (tertiary/aromatic N) is 3. The Balaban J connectivity index is 2.28. The molecule has 2 heterocycles. The molecule has 0 unspecified atom stereocenters. The van der Waals surface area contributed by atoms with E-state index >= 15 is 0 Å². The molecule has 0 atom stereocenters. The average Bonchev–Trinajstić information content (AvgIpc) is 2.38. The van der Waals surface area contributed by atoms with Crippen molar-refractivity contribution < 1.29 is 9.50 Å². The second-order valence-corrected chi connectivity index (χ2v) is 4.22. The molecule has 0 amide bonds. The zero-order chi connectivity index (χ0) is 13.4. The minimum atomic E-state index is -0.492. The summed E-state index contributed by atoms with van der Waals surface area (Å²) < 4.78 is 13.4. The van der Waals surface area contributed by atoms with Crippen LogP contribution in [0.1, 0.15) is 5.56 Å². The molecule has 1 N–H and O–H groups in total. The predicted octanol–water partition coefficient (Wildman–Crippen LogP) is 2.84. The third-order valence-electron chi connectivity index (χ3n) is 2.95. The topological polar surface area (TPSA) is 58.9 Å². The van der Waals surface area contributed by atoms with Crippen LogP contribution in [0.5, 0.6) is 5.75 Å². The average molecular weight is 255 g/mol. The summed E-state index contributed by atoms with van der Waals surface area (Å²) in [4.78, 5) is 12.5. The summed E-state index contributed by atoms with van der Waals surface area (Å²) in [6.45, 7) is 1.87. The summed E-state index contributed by atoms with van der Waals surface area (Å²) in [6.07, 6.45) is 4.77. The van der Waals surface area contributed by atoms with Crippen LogP contribution in [-0.4, -0.2) is 20.1 Å². The highest BCUT2D eigenvalue weighted by molar-refractivity contribution is 5.82. The molecule has 2 aromatic heterocycles. The molecule has 0 fully saturated rings. The van der Waals surface area contributed by atoms with Crippen molar-refractivity contribution in [3.05, 3.63) is 48.2 Å². The number of pyridine rings is 1. The minimum Gasteiger partial charge on any atom is -0.508 e. The Morgan fingerprint density at radius 2 is 1.84 bits per heavy atom. The van der Waals surface area contributed by atoms with Crippen molar-refractivity contribution in [2.75, 3.05) is 0 Å². The van der Waals surface area contributed by atoms with Crippen LogP contribution < -0.4 is 0 Å². The lowest BCUT2D eigenvalue weighted by molar-refractivity contribution is 0.469. The Bertz CT molecular complexity index is 753. The SMILES string of the molecule is Cc1c(-c2cc(O)cc(F)c2)cnc2nccnc12. The van der Waals surface area contributed by atoms with E-state index < -0.39 is 5.82 Å². The van der Waals surface area contributed by atoms with Crippen molar-refractivity contribution in [2.45, 2.75) is 6.92 Å². The van der Waals surface area contributed by atoms with Gasteiger partial charge in [0.15, 0.2) is 5.65 Å². The molecule has 5 heteroatoms.